The van der Waals surface area contributed by atoms with Gasteiger partial charge in [-0.15, -0.1) is 0 Å². The average molecular weight is 882 g/mol. The van der Waals surface area contributed by atoms with Gasteiger partial charge in [-0.3, -0.25) is 18.6 Å². The highest BCUT2D eigenvalue weighted by Crippen LogP contribution is 2.43. The predicted octanol–water partition coefficient (Wildman–Crippen LogP) is 15.3. The van der Waals surface area contributed by atoms with E-state index in [0.29, 0.717) is 12.8 Å². The van der Waals surface area contributed by atoms with Gasteiger partial charge < -0.3 is 20.1 Å². The lowest BCUT2D eigenvalue weighted by atomic mass is 10.0. The van der Waals surface area contributed by atoms with E-state index in [9.17, 15) is 19.0 Å². The molecule has 61 heavy (non-hydrogen) atoms. The van der Waals surface area contributed by atoms with E-state index < -0.39 is 32.5 Å². The standard InChI is InChI=1S/C51H96NO8P/c1-3-5-7-9-11-13-15-17-19-21-22-23-24-25-26-28-30-32-34-36-38-40-42-44-51(54)60-49(48-59-61(55,56)58-46-45-52)47-57-50(53)43-41-39-37-35-33-31-29-27-20-18-16-14-12-10-8-6-4-2/h29,31,35-38,49H,3-28,30,32-34,39-48,52H2,1-2H3,(H,55,56)/b31-29+,37-35+,38-36+/t49-/m1/s1. The van der Waals surface area contributed by atoms with Crippen LogP contribution in [0.15, 0.2) is 36.5 Å². The number of hydrogen-bond acceptors (Lipinski definition) is 8. The van der Waals surface area contributed by atoms with Gasteiger partial charge in [0.2, 0.25) is 0 Å². The number of allylic oxidation sites excluding steroid dienone is 6. The molecule has 0 aromatic heterocycles. The number of hydrogen-bond donors (Lipinski definition) is 2. The highest BCUT2D eigenvalue weighted by atomic mass is 31.2. The molecule has 358 valence electrons. The van der Waals surface area contributed by atoms with Crippen LogP contribution < -0.4 is 5.73 Å². The van der Waals surface area contributed by atoms with Crippen LogP contribution in [0.1, 0.15) is 245 Å². The van der Waals surface area contributed by atoms with Crippen LogP contribution in [-0.2, 0) is 32.7 Å². The van der Waals surface area contributed by atoms with Crippen LogP contribution in [0.4, 0.5) is 0 Å². The normalized spacial score (nSPS) is 13.4. The molecule has 0 radical (unpaired) electrons. The third-order valence-corrected chi connectivity index (χ3v) is 12.0. The maximum Gasteiger partial charge on any atom is 0.472 e. The predicted molar refractivity (Wildman–Crippen MR) is 257 cm³/mol. The molecule has 0 aromatic carbocycles. The second kappa shape index (κ2) is 47.7. The molecule has 0 amide bonds. The summed E-state index contributed by atoms with van der Waals surface area (Å²) in [6, 6.07) is 0. The number of unbranched alkanes of at least 4 members (excludes halogenated alkanes) is 29. The van der Waals surface area contributed by atoms with Gasteiger partial charge in [-0.2, -0.15) is 0 Å². The first kappa shape index (κ1) is 59.2. The molecule has 2 atom stereocenters. The van der Waals surface area contributed by atoms with Crippen molar-refractivity contribution < 1.29 is 37.6 Å². The average Bonchev–Trinajstić information content (AvgIpc) is 3.25. The van der Waals surface area contributed by atoms with E-state index >= 15 is 0 Å². The van der Waals surface area contributed by atoms with Crippen molar-refractivity contribution in [1.29, 1.82) is 0 Å². The molecule has 0 aliphatic heterocycles. The van der Waals surface area contributed by atoms with E-state index in [4.69, 9.17) is 24.3 Å². The first-order valence-corrected chi connectivity index (χ1v) is 27.0. The van der Waals surface area contributed by atoms with E-state index in [2.05, 4.69) is 50.3 Å². The first-order valence-electron chi connectivity index (χ1n) is 25.5. The van der Waals surface area contributed by atoms with Gasteiger partial charge >= 0.3 is 19.8 Å². The van der Waals surface area contributed by atoms with Crippen molar-refractivity contribution in [2.45, 2.75) is 251 Å². The van der Waals surface area contributed by atoms with Gasteiger partial charge in [0.1, 0.15) is 6.61 Å². The Morgan fingerprint density at radius 1 is 0.492 bits per heavy atom. The van der Waals surface area contributed by atoms with Gasteiger partial charge in [0.05, 0.1) is 13.2 Å². The number of rotatable bonds is 48. The zero-order valence-electron chi connectivity index (χ0n) is 39.7. The summed E-state index contributed by atoms with van der Waals surface area (Å²) in [5.74, 6) is -0.911. The molecule has 0 rings (SSSR count). The van der Waals surface area contributed by atoms with Gasteiger partial charge in [0.25, 0.3) is 0 Å². The Bertz CT molecular complexity index is 1100. The lowest BCUT2D eigenvalue weighted by Crippen LogP contribution is -2.29. The third-order valence-electron chi connectivity index (χ3n) is 11.0. The van der Waals surface area contributed by atoms with Crippen LogP contribution in [-0.4, -0.2) is 49.3 Å². The molecule has 0 fully saturated rings. The van der Waals surface area contributed by atoms with E-state index in [0.717, 1.165) is 32.1 Å². The number of phosphoric acid groups is 1. The summed E-state index contributed by atoms with van der Waals surface area (Å²) < 4.78 is 32.8. The second-order valence-electron chi connectivity index (χ2n) is 17.0. The Morgan fingerprint density at radius 2 is 0.852 bits per heavy atom. The summed E-state index contributed by atoms with van der Waals surface area (Å²) >= 11 is 0. The number of ether oxygens (including phenoxy) is 2. The van der Waals surface area contributed by atoms with Crippen LogP contribution in [0, 0.1) is 0 Å². The lowest BCUT2D eigenvalue weighted by molar-refractivity contribution is -0.161. The van der Waals surface area contributed by atoms with E-state index in [1.807, 2.05) is 0 Å². The van der Waals surface area contributed by atoms with Crippen molar-refractivity contribution in [1.82, 2.24) is 0 Å². The molecule has 9 nitrogen and oxygen atoms in total. The number of esters is 2. The van der Waals surface area contributed by atoms with Crippen LogP contribution in [0.5, 0.6) is 0 Å². The molecule has 0 aliphatic carbocycles. The van der Waals surface area contributed by atoms with Crippen molar-refractivity contribution in [3.63, 3.8) is 0 Å². The highest BCUT2D eigenvalue weighted by molar-refractivity contribution is 7.47. The van der Waals surface area contributed by atoms with Gasteiger partial charge in [0, 0.05) is 19.4 Å². The maximum absolute atomic E-state index is 12.6. The van der Waals surface area contributed by atoms with Crippen molar-refractivity contribution in [3.8, 4) is 0 Å². The molecular weight excluding hydrogens is 786 g/mol. The first-order chi connectivity index (χ1) is 29.8. The maximum atomic E-state index is 12.6. The molecule has 0 spiro atoms. The van der Waals surface area contributed by atoms with Crippen molar-refractivity contribution in [2.75, 3.05) is 26.4 Å². The number of phosphoric ester groups is 1. The molecule has 10 heteroatoms. The van der Waals surface area contributed by atoms with Crippen LogP contribution in [0.3, 0.4) is 0 Å². The molecule has 0 heterocycles. The minimum atomic E-state index is -4.40. The second-order valence-corrected chi connectivity index (χ2v) is 18.5. The van der Waals surface area contributed by atoms with Gasteiger partial charge in [0.15, 0.2) is 6.10 Å². The Morgan fingerprint density at radius 3 is 1.26 bits per heavy atom. The zero-order chi connectivity index (χ0) is 44.6. The monoisotopic (exact) mass is 882 g/mol. The van der Waals surface area contributed by atoms with Crippen molar-refractivity contribution >= 4 is 19.8 Å². The molecule has 0 saturated heterocycles. The number of nitrogens with two attached hydrogens (primary N) is 1. The summed E-state index contributed by atoms with van der Waals surface area (Å²) in [5, 5.41) is 0. The topological polar surface area (TPSA) is 134 Å². The SMILES string of the molecule is CCCCCCCCCCC/C=C/C/C=C/CCCC(=O)OC[C@H](COP(=O)(O)OCCN)OC(=O)CCC/C=C/CCCCCCCCCCCCCCCCCCCC. The smallest absolute Gasteiger partial charge is 0.462 e. The minimum absolute atomic E-state index is 0.0449. The number of carbonyl (C=O) groups is 2. The molecule has 3 N–H and O–H groups in total. The Balaban J connectivity index is 4.10. The fraction of sp³-hybridized carbons (Fsp3) is 0.843. The van der Waals surface area contributed by atoms with E-state index in [-0.39, 0.29) is 32.6 Å². The van der Waals surface area contributed by atoms with E-state index in [1.165, 1.54) is 173 Å². The highest BCUT2D eigenvalue weighted by Gasteiger charge is 2.26. The Hall–Kier alpha value is -1.77. The molecule has 0 saturated carbocycles. The van der Waals surface area contributed by atoms with Gasteiger partial charge in [-0.25, -0.2) is 4.57 Å². The van der Waals surface area contributed by atoms with Crippen LogP contribution in [0.25, 0.3) is 0 Å². The minimum Gasteiger partial charge on any atom is -0.462 e. The molecule has 0 aromatic rings. The lowest BCUT2D eigenvalue weighted by Gasteiger charge is -2.19. The quantitative estimate of drug-likeness (QED) is 0.0265. The molecule has 0 bridgehead atoms. The molecular formula is C51H96NO8P. The molecule has 1 unspecified atom stereocenters. The fourth-order valence-corrected chi connectivity index (χ4v) is 7.97. The largest absolute Gasteiger partial charge is 0.472 e. The number of carbonyl (C=O) groups excluding carboxylic acids is 2. The van der Waals surface area contributed by atoms with Crippen LogP contribution in [0.2, 0.25) is 0 Å². The third kappa shape index (κ3) is 47.5. The summed E-state index contributed by atoms with van der Waals surface area (Å²) in [6.07, 6.45) is 55.0. The Kier molecular flexibility index (Phi) is 46.3. The summed E-state index contributed by atoms with van der Waals surface area (Å²) in [4.78, 5) is 35.0. The Labute approximate surface area is 375 Å². The summed E-state index contributed by atoms with van der Waals surface area (Å²) in [5.41, 5.74) is 5.36. The van der Waals surface area contributed by atoms with Gasteiger partial charge in [-0.1, -0.05) is 211 Å². The van der Waals surface area contributed by atoms with Gasteiger partial charge in [-0.05, 0) is 57.8 Å². The zero-order valence-corrected chi connectivity index (χ0v) is 40.5. The molecule has 0 aliphatic rings. The van der Waals surface area contributed by atoms with Crippen LogP contribution >= 0.6 is 7.82 Å². The van der Waals surface area contributed by atoms with Crippen molar-refractivity contribution in [2.24, 2.45) is 5.73 Å². The summed E-state index contributed by atoms with van der Waals surface area (Å²) in [6.45, 7) is 3.69. The fourth-order valence-electron chi connectivity index (χ4n) is 7.21. The van der Waals surface area contributed by atoms with E-state index in [1.54, 1.807) is 0 Å². The summed E-state index contributed by atoms with van der Waals surface area (Å²) in [7, 11) is -4.40. The van der Waals surface area contributed by atoms with Crippen molar-refractivity contribution in [3.05, 3.63) is 36.5 Å².